The number of likely N-dealkylation sites (tertiary alicyclic amines) is 1. The Morgan fingerprint density at radius 2 is 2.04 bits per heavy atom. The molecule has 1 atom stereocenters. The van der Waals surface area contributed by atoms with Crippen molar-refractivity contribution < 1.29 is 18.4 Å². The van der Waals surface area contributed by atoms with Crippen LogP contribution in [-0.2, 0) is 4.79 Å². The lowest BCUT2D eigenvalue weighted by Crippen LogP contribution is -2.44. The fourth-order valence-corrected chi connectivity index (χ4v) is 2.68. The van der Waals surface area contributed by atoms with Gasteiger partial charge in [0, 0.05) is 31.1 Å². The van der Waals surface area contributed by atoms with Gasteiger partial charge in [0.25, 0.3) is 5.91 Å². The van der Waals surface area contributed by atoms with Gasteiger partial charge in [-0.2, -0.15) is 0 Å². The second kappa shape index (κ2) is 7.53. The number of nitrogens with one attached hydrogen (secondary N) is 1. The van der Waals surface area contributed by atoms with E-state index in [4.69, 9.17) is 0 Å². The maximum atomic E-state index is 13.3. The minimum absolute atomic E-state index is 0.00550. The Labute approximate surface area is 134 Å². The maximum Gasteiger partial charge on any atom is 0.253 e. The van der Waals surface area contributed by atoms with Gasteiger partial charge in [-0.05, 0) is 37.0 Å². The third kappa shape index (κ3) is 4.50. The van der Waals surface area contributed by atoms with Gasteiger partial charge in [-0.1, -0.05) is 13.8 Å². The van der Waals surface area contributed by atoms with E-state index in [0.717, 1.165) is 25.0 Å². The van der Waals surface area contributed by atoms with Crippen LogP contribution in [0.4, 0.5) is 8.78 Å². The first kappa shape index (κ1) is 17.4. The molecule has 0 spiro atoms. The van der Waals surface area contributed by atoms with Crippen LogP contribution in [-0.4, -0.2) is 36.3 Å². The van der Waals surface area contributed by atoms with Crippen LogP contribution in [0.25, 0.3) is 0 Å². The van der Waals surface area contributed by atoms with Crippen LogP contribution in [0.2, 0.25) is 0 Å². The molecule has 0 unspecified atom stereocenters. The van der Waals surface area contributed by atoms with Crippen molar-refractivity contribution >= 4 is 11.8 Å². The highest BCUT2D eigenvalue weighted by atomic mass is 19.2. The fraction of sp³-hybridized carbons (Fsp3) is 0.529. The van der Waals surface area contributed by atoms with Crippen LogP contribution in [0, 0.1) is 23.5 Å². The van der Waals surface area contributed by atoms with Crippen LogP contribution in [0.3, 0.4) is 0 Å². The number of halogens is 2. The number of carbonyl (C=O) groups is 2. The Morgan fingerprint density at radius 1 is 1.30 bits per heavy atom. The van der Waals surface area contributed by atoms with E-state index in [-0.39, 0.29) is 29.2 Å². The third-order valence-electron chi connectivity index (χ3n) is 4.06. The second-order valence-electron chi connectivity index (χ2n) is 6.29. The van der Waals surface area contributed by atoms with Gasteiger partial charge in [0.2, 0.25) is 5.91 Å². The molecule has 6 heteroatoms. The molecule has 1 aromatic carbocycles. The molecule has 1 heterocycles. The molecular weight excluding hydrogens is 302 g/mol. The standard InChI is InChI=1S/C17H22F2N2O2/c1-11(2)16(22)20-9-12-4-3-7-21(10-12)17(23)13-5-6-14(18)15(19)8-13/h5-6,8,11-12H,3-4,7,9-10H2,1-2H3,(H,20,22)/t12-/m1/s1. The normalized spacial score (nSPS) is 18.1. The lowest BCUT2D eigenvalue weighted by molar-refractivity contribution is -0.124. The third-order valence-corrected chi connectivity index (χ3v) is 4.06. The topological polar surface area (TPSA) is 49.4 Å². The van der Waals surface area contributed by atoms with E-state index >= 15 is 0 Å². The molecule has 0 aromatic heterocycles. The van der Waals surface area contributed by atoms with Gasteiger partial charge in [-0.15, -0.1) is 0 Å². The van der Waals surface area contributed by atoms with E-state index in [1.165, 1.54) is 6.07 Å². The minimum Gasteiger partial charge on any atom is -0.356 e. The summed E-state index contributed by atoms with van der Waals surface area (Å²) in [5, 5.41) is 2.88. The van der Waals surface area contributed by atoms with E-state index in [1.807, 2.05) is 13.8 Å². The van der Waals surface area contributed by atoms with Crippen LogP contribution < -0.4 is 5.32 Å². The molecule has 0 radical (unpaired) electrons. The van der Waals surface area contributed by atoms with Crippen molar-refractivity contribution in [3.8, 4) is 0 Å². The van der Waals surface area contributed by atoms with E-state index in [0.29, 0.717) is 19.6 Å². The quantitative estimate of drug-likeness (QED) is 0.925. The van der Waals surface area contributed by atoms with Gasteiger partial charge in [-0.25, -0.2) is 8.78 Å². The highest BCUT2D eigenvalue weighted by molar-refractivity contribution is 5.94. The number of hydrogen-bond acceptors (Lipinski definition) is 2. The molecule has 4 nitrogen and oxygen atoms in total. The first-order chi connectivity index (χ1) is 10.9. The van der Waals surface area contributed by atoms with Gasteiger partial charge in [0.15, 0.2) is 11.6 Å². The van der Waals surface area contributed by atoms with Gasteiger partial charge in [-0.3, -0.25) is 9.59 Å². The molecule has 0 saturated carbocycles. The lowest BCUT2D eigenvalue weighted by Gasteiger charge is -2.33. The minimum atomic E-state index is -1.02. The summed E-state index contributed by atoms with van der Waals surface area (Å²) < 4.78 is 26.2. The average Bonchev–Trinajstić information content (AvgIpc) is 2.54. The van der Waals surface area contributed by atoms with Crippen LogP contribution >= 0.6 is 0 Å². The number of nitrogens with zero attached hydrogens (tertiary/aromatic N) is 1. The molecule has 1 aromatic rings. The highest BCUT2D eigenvalue weighted by Gasteiger charge is 2.25. The molecule has 1 fully saturated rings. The van der Waals surface area contributed by atoms with Crippen LogP contribution in [0.5, 0.6) is 0 Å². The summed E-state index contributed by atoms with van der Waals surface area (Å²) in [6.45, 7) is 5.28. The second-order valence-corrected chi connectivity index (χ2v) is 6.29. The molecule has 0 aliphatic carbocycles. The van der Waals surface area contributed by atoms with Gasteiger partial charge >= 0.3 is 0 Å². The molecule has 23 heavy (non-hydrogen) atoms. The van der Waals surface area contributed by atoms with Crippen molar-refractivity contribution in [2.45, 2.75) is 26.7 Å². The molecule has 1 aliphatic heterocycles. The zero-order valence-electron chi connectivity index (χ0n) is 13.4. The van der Waals surface area contributed by atoms with Crippen LogP contribution in [0.1, 0.15) is 37.0 Å². The Morgan fingerprint density at radius 3 is 2.70 bits per heavy atom. The predicted octanol–water partition coefficient (Wildman–Crippen LogP) is 2.59. The number of rotatable bonds is 4. The molecule has 126 valence electrons. The smallest absolute Gasteiger partial charge is 0.253 e. The van der Waals surface area contributed by atoms with Gasteiger partial charge < -0.3 is 10.2 Å². The highest BCUT2D eigenvalue weighted by Crippen LogP contribution is 2.19. The molecule has 2 amide bonds. The van der Waals surface area contributed by atoms with E-state index < -0.39 is 11.6 Å². The molecule has 1 N–H and O–H groups in total. The summed E-state index contributed by atoms with van der Waals surface area (Å²) in [6, 6.07) is 3.19. The first-order valence-electron chi connectivity index (χ1n) is 7.90. The van der Waals surface area contributed by atoms with Crippen molar-refractivity contribution in [1.82, 2.24) is 10.2 Å². The summed E-state index contributed by atoms with van der Waals surface area (Å²) in [4.78, 5) is 25.7. The van der Waals surface area contributed by atoms with Crippen molar-refractivity contribution in [3.05, 3.63) is 35.4 Å². The molecule has 2 rings (SSSR count). The van der Waals surface area contributed by atoms with Crippen molar-refractivity contribution in [2.75, 3.05) is 19.6 Å². The van der Waals surface area contributed by atoms with E-state index in [2.05, 4.69) is 5.32 Å². The monoisotopic (exact) mass is 324 g/mol. The van der Waals surface area contributed by atoms with Gasteiger partial charge in [0.05, 0.1) is 0 Å². The largest absolute Gasteiger partial charge is 0.356 e. The molecule has 0 bridgehead atoms. The van der Waals surface area contributed by atoms with Crippen molar-refractivity contribution in [2.24, 2.45) is 11.8 Å². The molecule has 1 saturated heterocycles. The summed E-state index contributed by atoms with van der Waals surface area (Å²) in [5.74, 6) is -2.18. The predicted molar refractivity (Wildman–Crippen MR) is 82.8 cm³/mol. The Hall–Kier alpha value is -1.98. The zero-order chi connectivity index (χ0) is 17.0. The summed E-state index contributed by atoms with van der Waals surface area (Å²) >= 11 is 0. The molecular formula is C17H22F2N2O2. The maximum absolute atomic E-state index is 13.3. The van der Waals surface area contributed by atoms with Crippen molar-refractivity contribution in [1.29, 1.82) is 0 Å². The number of hydrogen-bond donors (Lipinski definition) is 1. The summed E-state index contributed by atoms with van der Waals surface area (Å²) in [5.41, 5.74) is 0.149. The zero-order valence-corrected chi connectivity index (χ0v) is 13.4. The fourth-order valence-electron chi connectivity index (χ4n) is 2.68. The number of carbonyl (C=O) groups excluding carboxylic acids is 2. The average molecular weight is 324 g/mol. The first-order valence-corrected chi connectivity index (χ1v) is 7.90. The van der Waals surface area contributed by atoms with E-state index in [9.17, 15) is 18.4 Å². The summed E-state index contributed by atoms with van der Waals surface area (Å²) in [7, 11) is 0. The summed E-state index contributed by atoms with van der Waals surface area (Å²) in [6.07, 6.45) is 1.76. The van der Waals surface area contributed by atoms with Crippen molar-refractivity contribution in [3.63, 3.8) is 0 Å². The van der Waals surface area contributed by atoms with E-state index in [1.54, 1.807) is 4.90 Å². The number of piperidine rings is 1. The number of benzene rings is 1. The van der Waals surface area contributed by atoms with Crippen LogP contribution in [0.15, 0.2) is 18.2 Å². The Bertz CT molecular complexity index is 590. The lowest BCUT2D eigenvalue weighted by atomic mass is 9.97. The van der Waals surface area contributed by atoms with Gasteiger partial charge in [0.1, 0.15) is 0 Å². The number of amides is 2. The molecule has 1 aliphatic rings. The SMILES string of the molecule is CC(C)C(=O)NC[C@H]1CCCN(C(=O)c2ccc(F)c(F)c2)C1. The Balaban J connectivity index is 1.96. The Kier molecular flexibility index (Phi) is 5.69.